The predicted molar refractivity (Wildman–Crippen MR) is 65.8 cm³/mol. The van der Waals surface area contributed by atoms with Crippen molar-refractivity contribution in [3.63, 3.8) is 0 Å². The Morgan fingerprint density at radius 2 is 2.00 bits per heavy atom. The van der Waals surface area contributed by atoms with Crippen molar-refractivity contribution in [1.82, 2.24) is 5.32 Å². The predicted octanol–water partition coefficient (Wildman–Crippen LogP) is 1.53. The lowest BCUT2D eigenvalue weighted by molar-refractivity contribution is 0.0922. The molecule has 2 rings (SSSR count). The van der Waals surface area contributed by atoms with Crippen LogP contribution < -0.4 is 11.1 Å². The molecule has 18 heavy (non-hydrogen) atoms. The SMILES string of the molecule is NC1CCC(NC(=O)c2ccc(O)cc2F)CC1. The summed E-state index contributed by atoms with van der Waals surface area (Å²) in [5, 5.41) is 11.9. The van der Waals surface area contributed by atoms with Crippen molar-refractivity contribution in [2.45, 2.75) is 37.8 Å². The largest absolute Gasteiger partial charge is 0.508 e. The van der Waals surface area contributed by atoms with Crippen LogP contribution in [0.4, 0.5) is 4.39 Å². The van der Waals surface area contributed by atoms with Crippen molar-refractivity contribution < 1.29 is 14.3 Å². The molecule has 1 aromatic carbocycles. The van der Waals surface area contributed by atoms with Crippen molar-refractivity contribution >= 4 is 5.91 Å². The molecule has 1 amide bonds. The summed E-state index contributed by atoms with van der Waals surface area (Å²) in [5.74, 6) is -1.33. The Labute approximate surface area is 105 Å². The maximum Gasteiger partial charge on any atom is 0.254 e. The molecule has 1 saturated carbocycles. The van der Waals surface area contributed by atoms with E-state index in [-0.39, 0.29) is 23.4 Å². The summed E-state index contributed by atoms with van der Waals surface area (Å²) in [7, 11) is 0. The van der Waals surface area contributed by atoms with Crippen LogP contribution in [0.1, 0.15) is 36.0 Å². The van der Waals surface area contributed by atoms with Crippen LogP contribution in [0.2, 0.25) is 0 Å². The van der Waals surface area contributed by atoms with E-state index >= 15 is 0 Å². The van der Waals surface area contributed by atoms with Gasteiger partial charge in [0, 0.05) is 18.2 Å². The molecule has 98 valence electrons. The average Bonchev–Trinajstić information content (AvgIpc) is 2.32. The number of hydrogen-bond donors (Lipinski definition) is 3. The van der Waals surface area contributed by atoms with Gasteiger partial charge in [-0.15, -0.1) is 0 Å². The molecule has 0 unspecified atom stereocenters. The van der Waals surface area contributed by atoms with Crippen LogP contribution >= 0.6 is 0 Å². The highest BCUT2D eigenvalue weighted by Gasteiger charge is 2.21. The summed E-state index contributed by atoms with van der Waals surface area (Å²) in [4.78, 5) is 11.9. The van der Waals surface area contributed by atoms with Crippen LogP contribution in [0.15, 0.2) is 18.2 Å². The average molecular weight is 252 g/mol. The number of phenols is 1. The lowest BCUT2D eigenvalue weighted by atomic mass is 9.91. The minimum absolute atomic E-state index is 0.0392. The summed E-state index contributed by atoms with van der Waals surface area (Å²) in [5.41, 5.74) is 5.74. The van der Waals surface area contributed by atoms with Crippen molar-refractivity contribution in [3.05, 3.63) is 29.6 Å². The van der Waals surface area contributed by atoms with Crippen molar-refractivity contribution in [3.8, 4) is 5.75 Å². The van der Waals surface area contributed by atoms with Crippen LogP contribution in [0, 0.1) is 5.82 Å². The number of rotatable bonds is 2. The highest BCUT2D eigenvalue weighted by molar-refractivity contribution is 5.94. The quantitative estimate of drug-likeness (QED) is 0.747. The second-order valence-electron chi connectivity index (χ2n) is 4.75. The number of halogens is 1. The van der Waals surface area contributed by atoms with Crippen LogP contribution in [0.3, 0.4) is 0 Å². The molecule has 0 bridgehead atoms. The first-order valence-corrected chi connectivity index (χ1v) is 6.11. The minimum atomic E-state index is -0.708. The van der Waals surface area contributed by atoms with E-state index in [1.807, 2.05) is 0 Å². The summed E-state index contributed by atoms with van der Waals surface area (Å²) in [6.07, 6.45) is 3.41. The van der Waals surface area contributed by atoms with E-state index in [4.69, 9.17) is 10.8 Å². The van der Waals surface area contributed by atoms with E-state index in [2.05, 4.69) is 5.32 Å². The Balaban J connectivity index is 1.99. The molecule has 0 saturated heterocycles. The molecular weight excluding hydrogens is 235 g/mol. The molecule has 4 N–H and O–H groups in total. The molecule has 0 atom stereocenters. The molecule has 0 aliphatic heterocycles. The van der Waals surface area contributed by atoms with Crippen LogP contribution in [0.25, 0.3) is 0 Å². The number of aromatic hydroxyl groups is 1. The Kier molecular flexibility index (Phi) is 3.81. The molecule has 1 aliphatic rings. The summed E-state index contributed by atoms with van der Waals surface area (Å²) >= 11 is 0. The first-order valence-electron chi connectivity index (χ1n) is 6.11. The number of nitrogens with two attached hydrogens (primary N) is 1. The van der Waals surface area contributed by atoms with Gasteiger partial charge in [0.25, 0.3) is 5.91 Å². The molecule has 4 nitrogen and oxygen atoms in total. The number of nitrogens with one attached hydrogen (secondary N) is 1. The first-order chi connectivity index (χ1) is 8.56. The monoisotopic (exact) mass is 252 g/mol. The molecule has 1 fully saturated rings. The van der Waals surface area contributed by atoms with Gasteiger partial charge in [-0.1, -0.05) is 0 Å². The van der Waals surface area contributed by atoms with Gasteiger partial charge < -0.3 is 16.2 Å². The highest BCUT2D eigenvalue weighted by Crippen LogP contribution is 2.19. The lowest BCUT2D eigenvalue weighted by Crippen LogP contribution is -2.40. The molecular formula is C13H17FN2O2. The Morgan fingerprint density at radius 1 is 1.33 bits per heavy atom. The fourth-order valence-corrected chi connectivity index (χ4v) is 2.21. The maximum atomic E-state index is 13.5. The van der Waals surface area contributed by atoms with Gasteiger partial charge in [-0.3, -0.25) is 4.79 Å². The maximum absolute atomic E-state index is 13.5. The molecule has 0 radical (unpaired) electrons. The van der Waals surface area contributed by atoms with Gasteiger partial charge in [-0.25, -0.2) is 4.39 Å². The third kappa shape index (κ3) is 2.98. The zero-order chi connectivity index (χ0) is 13.1. The van der Waals surface area contributed by atoms with Crippen LogP contribution in [-0.2, 0) is 0 Å². The zero-order valence-corrected chi connectivity index (χ0v) is 10.0. The molecule has 1 aliphatic carbocycles. The minimum Gasteiger partial charge on any atom is -0.508 e. The van der Waals surface area contributed by atoms with Gasteiger partial charge in [0.15, 0.2) is 0 Å². The topological polar surface area (TPSA) is 75.3 Å². The third-order valence-electron chi connectivity index (χ3n) is 3.30. The fraction of sp³-hybridized carbons (Fsp3) is 0.462. The van der Waals surface area contributed by atoms with E-state index in [0.717, 1.165) is 31.7 Å². The highest BCUT2D eigenvalue weighted by atomic mass is 19.1. The van der Waals surface area contributed by atoms with Crippen LogP contribution in [-0.4, -0.2) is 23.1 Å². The molecule has 0 heterocycles. The number of hydrogen-bond acceptors (Lipinski definition) is 3. The van der Waals surface area contributed by atoms with Gasteiger partial charge in [-0.05, 0) is 37.8 Å². The van der Waals surface area contributed by atoms with Gasteiger partial charge in [0.05, 0.1) is 5.56 Å². The van der Waals surface area contributed by atoms with Gasteiger partial charge in [0.2, 0.25) is 0 Å². The van der Waals surface area contributed by atoms with Crippen molar-refractivity contribution in [2.75, 3.05) is 0 Å². The smallest absolute Gasteiger partial charge is 0.254 e. The van der Waals surface area contributed by atoms with E-state index < -0.39 is 11.7 Å². The zero-order valence-electron chi connectivity index (χ0n) is 10.0. The lowest BCUT2D eigenvalue weighted by Gasteiger charge is -2.26. The summed E-state index contributed by atoms with van der Waals surface area (Å²) < 4.78 is 13.5. The number of benzene rings is 1. The summed E-state index contributed by atoms with van der Waals surface area (Å²) in [6, 6.07) is 3.80. The van der Waals surface area contributed by atoms with E-state index in [0.29, 0.717) is 0 Å². The number of phenolic OH excluding ortho intramolecular Hbond substituents is 1. The normalized spacial score (nSPS) is 23.7. The first kappa shape index (κ1) is 12.8. The van der Waals surface area contributed by atoms with Gasteiger partial charge in [0.1, 0.15) is 11.6 Å². The number of carbonyl (C=O) groups is 1. The van der Waals surface area contributed by atoms with Gasteiger partial charge in [-0.2, -0.15) is 0 Å². The Morgan fingerprint density at radius 3 is 2.61 bits per heavy atom. The van der Waals surface area contributed by atoms with Crippen LogP contribution in [0.5, 0.6) is 5.75 Å². The Bertz CT molecular complexity index is 443. The third-order valence-corrected chi connectivity index (χ3v) is 3.30. The second-order valence-corrected chi connectivity index (χ2v) is 4.75. The van der Waals surface area contributed by atoms with E-state index in [1.165, 1.54) is 12.1 Å². The molecule has 0 aromatic heterocycles. The molecule has 5 heteroatoms. The molecule has 0 spiro atoms. The number of carbonyl (C=O) groups excluding carboxylic acids is 1. The summed E-state index contributed by atoms with van der Waals surface area (Å²) in [6.45, 7) is 0. The second kappa shape index (κ2) is 5.35. The van der Waals surface area contributed by atoms with E-state index in [9.17, 15) is 9.18 Å². The van der Waals surface area contributed by atoms with Crippen molar-refractivity contribution in [2.24, 2.45) is 5.73 Å². The van der Waals surface area contributed by atoms with Crippen molar-refractivity contribution in [1.29, 1.82) is 0 Å². The van der Waals surface area contributed by atoms with Gasteiger partial charge >= 0.3 is 0 Å². The fourth-order valence-electron chi connectivity index (χ4n) is 2.21. The molecule has 1 aromatic rings. The Hall–Kier alpha value is -1.62. The number of amides is 1. The standard InChI is InChI=1S/C13H17FN2O2/c14-12-7-10(17)5-6-11(12)13(18)16-9-3-1-8(15)2-4-9/h5-9,17H,1-4,15H2,(H,16,18). The van der Waals surface area contributed by atoms with E-state index in [1.54, 1.807) is 0 Å².